The first-order valence-corrected chi connectivity index (χ1v) is 9.58. The number of rotatable bonds is 7. The number of benzene rings is 2. The van der Waals surface area contributed by atoms with Gasteiger partial charge in [-0.25, -0.2) is 4.98 Å². The van der Waals surface area contributed by atoms with Crippen LogP contribution in [0.1, 0.15) is 23.6 Å². The molecular weight excluding hydrogens is 366 g/mol. The summed E-state index contributed by atoms with van der Waals surface area (Å²) in [4.78, 5) is 18.8. The molecule has 1 aliphatic rings. The van der Waals surface area contributed by atoms with Crippen molar-refractivity contribution in [3.63, 3.8) is 0 Å². The van der Waals surface area contributed by atoms with E-state index in [1.165, 1.54) is 0 Å². The van der Waals surface area contributed by atoms with Crippen molar-refractivity contribution in [1.82, 2.24) is 14.5 Å². The number of aliphatic hydroxyl groups is 1. The quantitative estimate of drug-likeness (QED) is 0.667. The highest BCUT2D eigenvalue weighted by molar-refractivity contribution is 6.05. The predicted octanol–water partition coefficient (Wildman–Crippen LogP) is 3.83. The van der Waals surface area contributed by atoms with Crippen LogP contribution in [0.15, 0.2) is 79.1 Å². The Morgan fingerprint density at radius 1 is 1.07 bits per heavy atom. The summed E-state index contributed by atoms with van der Waals surface area (Å²) >= 11 is 0. The van der Waals surface area contributed by atoms with Gasteiger partial charge in [-0.15, -0.1) is 0 Å². The van der Waals surface area contributed by atoms with Crippen molar-refractivity contribution in [1.29, 1.82) is 0 Å². The fraction of sp³-hybridized carbons (Fsp3) is 0.217. The number of nitrogens with zero attached hydrogens (tertiary/aromatic N) is 3. The molecule has 6 heteroatoms. The summed E-state index contributed by atoms with van der Waals surface area (Å²) in [6.45, 7) is 1.27. The third kappa shape index (κ3) is 3.74. The number of carbonyl (C=O) groups is 1. The minimum atomic E-state index is -0.349. The molecule has 0 saturated heterocycles. The van der Waals surface area contributed by atoms with Crippen molar-refractivity contribution in [3.8, 4) is 5.75 Å². The molecule has 0 saturated carbocycles. The topological polar surface area (TPSA) is 67.6 Å². The van der Waals surface area contributed by atoms with Crippen LogP contribution >= 0.6 is 0 Å². The minimum absolute atomic E-state index is 0.181. The third-order valence-electron chi connectivity index (χ3n) is 5.19. The summed E-state index contributed by atoms with van der Waals surface area (Å²) in [6.07, 6.45) is 6.15. The van der Waals surface area contributed by atoms with E-state index in [-0.39, 0.29) is 17.7 Å². The molecule has 0 radical (unpaired) electrons. The highest BCUT2D eigenvalue weighted by Crippen LogP contribution is 2.43. The van der Waals surface area contributed by atoms with Gasteiger partial charge in [0, 0.05) is 31.1 Å². The monoisotopic (exact) mass is 389 g/mol. The maximum Gasteiger partial charge on any atom is 0.289 e. The van der Waals surface area contributed by atoms with E-state index >= 15 is 0 Å². The average Bonchev–Trinajstić information content (AvgIpc) is 3.37. The molecule has 0 bridgehead atoms. The van der Waals surface area contributed by atoms with Gasteiger partial charge in [0.15, 0.2) is 5.76 Å². The first-order chi connectivity index (χ1) is 14.2. The first-order valence-electron chi connectivity index (χ1n) is 9.58. The van der Waals surface area contributed by atoms with E-state index in [1.807, 2.05) is 65.4 Å². The number of carbonyl (C=O) groups excluding carboxylic acids is 1. The third-order valence-corrected chi connectivity index (χ3v) is 5.19. The van der Waals surface area contributed by atoms with E-state index in [4.69, 9.17) is 4.74 Å². The van der Waals surface area contributed by atoms with Gasteiger partial charge in [0.1, 0.15) is 5.75 Å². The Bertz CT molecular complexity index is 996. The molecule has 2 heterocycles. The van der Waals surface area contributed by atoms with Crippen molar-refractivity contribution in [2.45, 2.75) is 19.0 Å². The molecule has 1 aromatic heterocycles. The minimum Gasteiger partial charge on any atom is -0.503 e. The average molecular weight is 389 g/mol. The van der Waals surface area contributed by atoms with Gasteiger partial charge in [0.05, 0.1) is 19.5 Å². The normalized spacial score (nSPS) is 16.5. The van der Waals surface area contributed by atoms with Crippen molar-refractivity contribution in [2.24, 2.45) is 0 Å². The van der Waals surface area contributed by atoms with Gasteiger partial charge in [-0.2, -0.15) is 0 Å². The molecule has 2 aromatic carbocycles. The van der Waals surface area contributed by atoms with Crippen LogP contribution in [-0.2, 0) is 11.3 Å². The Morgan fingerprint density at radius 3 is 2.48 bits per heavy atom. The van der Waals surface area contributed by atoms with Crippen LogP contribution in [-0.4, -0.2) is 39.1 Å². The van der Waals surface area contributed by atoms with Gasteiger partial charge in [0.25, 0.3) is 5.91 Å². The van der Waals surface area contributed by atoms with Crippen LogP contribution in [0.3, 0.4) is 0 Å². The number of aliphatic hydroxyl groups excluding tert-OH is 1. The SMILES string of the molecule is COc1ccc(C2C(c3ccccc3)=C(O)C(=O)N2CCCn2ccnc2)cc1. The molecule has 3 aromatic rings. The van der Waals surface area contributed by atoms with Gasteiger partial charge in [-0.1, -0.05) is 42.5 Å². The number of imidazole rings is 1. The Labute approximate surface area is 169 Å². The summed E-state index contributed by atoms with van der Waals surface area (Å²) in [5, 5.41) is 10.7. The molecule has 29 heavy (non-hydrogen) atoms. The molecule has 0 spiro atoms. The zero-order valence-electron chi connectivity index (χ0n) is 16.2. The Kier molecular flexibility index (Phi) is 5.33. The second-order valence-corrected chi connectivity index (χ2v) is 6.96. The van der Waals surface area contributed by atoms with Crippen LogP contribution in [0.25, 0.3) is 5.57 Å². The molecular formula is C23H23N3O3. The molecule has 0 fully saturated rings. The van der Waals surface area contributed by atoms with Crippen LogP contribution in [0.5, 0.6) is 5.75 Å². The summed E-state index contributed by atoms with van der Waals surface area (Å²) < 4.78 is 7.25. The highest BCUT2D eigenvalue weighted by atomic mass is 16.5. The molecule has 6 nitrogen and oxygen atoms in total. The van der Waals surface area contributed by atoms with E-state index in [2.05, 4.69) is 4.98 Å². The van der Waals surface area contributed by atoms with E-state index in [9.17, 15) is 9.90 Å². The fourth-order valence-electron chi connectivity index (χ4n) is 3.77. The number of methoxy groups -OCH3 is 1. The van der Waals surface area contributed by atoms with E-state index in [0.29, 0.717) is 12.1 Å². The lowest BCUT2D eigenvalue weighted by Gasteiger charge is -2.27. The van der Waals surface area contributed by atoms with Gasteiger partial charge in [-0.3, -0.25) is 4.79 Å². The number of hydrogen-bond donors (Lipinski definition) is 1. The molecule has 4 rings (SSSR count). The summed E-state index contributed by atoms with van der Waals surface area (Å²) in [6, 6.07) is 16.9. The largest absolute Gasteiger partial charge is 0.503 e. The first kappa shape index (κ1) is 18.8. The summed E-state index contributed by atoms with van der Waals surface area (Å²) in [7, 11) is 1.62. The van der Waals surface area contributed by atoms with Gasteiger partial charge < -0.3 is 19.3 Å². The van der Waals surface area contributed by atoms with Crippen molar-refractivity contribution < 1.29 is 14.6 Å². The maximum atomic E-state index is 13.0. The molecule has 148 valence electrons. The predicted molar refractivity (Wildman–Crippen MR) is 110 cm³/mol. The van der Waals surface area contributed by atoms with Crippen LogP contribution in [0.2, 0.25) is 0 Å². The Hall–Kier alpha value is -3.54. The molecule has 1 aliphatic heterocycles. The second kappa shape index (κ2) is 8.22. The number of amides is 1. The lowest BCUT2D eigenvalue weighted by Crippen LogP contribution is -2.31. The zero-order valence-corrected chi connectivity index (χ0v) is 16.2. The van der Waals surface area contributed by atoms with Crippen molar-refractivity contribution >= 4 is 11.5 Å². The fourth-order valence-corrected chi connectivity index (χ4v) is 3.77. The van der Waals surface area contributed by atoms with E-state index in [1.54, 1.807) is 24.5 Å². The maximum absolute atomic E-state index is 13.0. The molecule has 1 unspecified atom stereocenters. The van der Waals surface area contributed by atoms with Gasteiger partial charge >= 0.3 is 0 Å². The number of ether oxygens (including phenoxy) is 1. The smallest absolute Gasteiger partial charge is 0.289 e. The lowest BCUT2D eigenvalue weighted by atomic mass is 9.93. The summed E-state index contributed by atoms with van der Waals surface area (Å²) in [5.74, 6) is 0.231. The van der Waals surface area contributed by atoms with Crippen molar-refractivity contribution in [2.75, 3.05) is 13.7 Å². The van der Waals surface area contributed by atoms with Crippen molar-refractivity contribution in [3.05, 3.63) is 90.2 Å². The Balaban J connectivity index is 1.66. The van der Waals surface area contributed by atoms with E-state index < -0.39 is 0 Å². The lowest BCUT2D eigenvalue weighted by molar-refractivity contribution is -0.129. The van der Waals surface area contributed by atoms with Gasteiger partial charge in [-0.05, 0) is 29.7 Å². The number of aromatic nitrogens is 2. The zero-order chi connectivity index (χ0) is 20.2. The van der Waals surface area contributed by atoms with Crippen LogP contribution in [0.4, 0.5) is 0 Å². The van der Waals surface area contributed by atoms with Crippen LogP contribution < -0.4 is 4.74 Å². The molecule has 1 N–H and O–H groups in total. The highest BCUT2D eigenvalue weighted by Gasteiger charge is 2.40. The van der Waals surface area contributed by atoms with Gasteiger partial charge in [0.2, 0.25) is 0 Å². The standard InChI is InChI=1S/C23H23N3O3/c1-29-19-10-8-18(9-11-19)21-20(17-6-3-2-4-7-17)22(27)23(28)26(21)14-5-13-25-15-12-24-16-25/h2-4,6-12,15-16,21,27H,5,13-14H2,1H3. The molecule has 0 aliphatic carbocycles. The number of aryl methyl sites for hydroxylation is 1. The molecule has 1 amide bonds. The van der Waals surface area contributed by atoms with Crippen LogP contribution in [0, 0.1) is 0 Å². The Morgan fingerprint density at radius 2 is 1.83 bits per heavy atom. The number of hydrogen-bond acceptors (Lipinski definition) is 4. The second-order valence-electron chi connectivity index (χ2n) is 6.96. The molecule has 1 atom stereocenters. The van der Waals surface area contributed by atoms with E-state index in [0.717, 1.165) is 29.8 Å². The summed E-state index contributed by atoms with van der Waals surface area (Å²) in [5.41, 5.74) is 2.42.